The highest BCUT2D eigenvalue weighted by atomic mass is 79.9. The lowest BCUT2D eigenvalue weighted by Gasteiger charge is -2.32. The van der Waals surface area contributed by atoms with Crippen molar-refractivity contribution in [1.82, 2.24) is 4.90 Å². The van der Waals surface area contributed by atoms with Crippen LogP contribution in [0.15, 0.2) is 53.0 Å². The van der Waals surface area contributed by atoms with E-state index in [1.54, 1.807) is 6.07 Å². The molecule has 1 aliphatic rings. The lowest BCUT2D eigenvalue weighted by molar-refractivity contribution is 0.0616. The smallest absolute Gasteiger partial charge is 0.257 e. The van der Waals surface area contributed by atoms with Crippen LogP contribution in [0.1, 0.15) is 28.8 Å². The van der Waals surface area contributed by atoms with Crippen molar-refractivity contribution >= 4 is 21.8 Å². The molecule has 5 heteroatoms. The number of aliphatic hydroxyl groups is 1. The monoisotopic (exact) mass is 403 g/mol. The highest BCUT2D eigenvalue weighted by molar-refractivity contribution is 9.10. The minimum atomic E-state index is -0.0270. The lowest BCUT2D eigenvalue weighted by atomic mass is 9.98. The van der Waals surface area contributed by atoms with Crippen LogP contribution in [0.2, 0.25) is 0 Å². The Morgan fingerprint density at radius 2 is 1.96 bits per heavy atom. The molecule has 25 heavy (non-hydrogen) atoms. The SMILES string of the molecule is O=C(c1ccccc1OCc1ccccc1Br)N1CCCC(CO)C1. The Labute approximate surface area is 156 Å². The summed E-state index contributed by atoms with van der Waals surface area (Å²) in [6.07, 6.45) is 1.90. The number of halogens is 1. The highest BCUT2D eigenvalue weighted by Crippen LogP contribution is 2.25. The van der Waals surface area contributed by atoms with E-state index >= 15 is 0 Å². The summed E-state index contributed by atoms with van der Waals surface area (Å²) in [4.78, 5) is 14.7. The molecule has 1 fully saturated rings. The van der Waals surface area contributed by atoms with Gasteiger partial charge in [0.2, 0.25) is 0 Å². The van der Waals surface area contributed by atoms with Gasteiger partial charge in [0.05, 0.1) is 5.56 Å². The van der Waals surface area contributed by atoms with Gasteiger partial charge in [-0.2, -0.15) is 0 Å². The Bertz CT molecular complexity index is 734. The van der Waals surface area contributed by atoms with E-state index in [2.05, 4.69) is 15.9 Å². The summed E-state index contributed by atoms with van der Waals surface area (Å²) in [5.74, 6) is 0.737. The maximum absolute atomic E-state index is 12.9. The molecule has 132 valence electrons. The molecule has 4 nitrogen and oxygen atoms in total. The minimum absolute atomic E-state index is 0.0270. The van der Waals surface area contributed by atoms with Crippen molar-refractivity contribution < 1.29 is 14.6 Å². The number of carbonyl (C=O) groups is 1. The van der Waals surface area contributed by atoms with Gasteiger partial charge in [0.25, 0.3) is 5.91 Å². The Kier molecular flexibility index (Phi) is 6.10. The topological polar surface area (TPSA) is 49.8 Å². The fourth-order valence-corrected chi connectivity index (χ4v) is 3.51. The van der Waals surface area contributed by atoms with Gasteiger partial charge in [-0.3, -0.25) is 4.79 Å². The third-order valence-corrected chi connectivity index (χ3v) is 5.30. The van der Waals surface area contributed by atoms with Crippen LogP contribution in [0.4, 0.5) is 0 Å². The summed E-state index contributed by atoms with van der Waals surface area (Å²) in [5.41, 5.74) is 1.61. The van der Waals surface area contributed by atoms with Crippen LogP contribution in [0.3, 0.4) is 0 Å². The van der Waals surface area contributed by atoms with Gasteiger partial charge in [-0.25, -0.2) is 0 Å². The number of rotatable bonds is 5. The van der Waals surface area contributed by atoms with Crippen LogP contribution >= 0.6 is 15.9 Å². The van der Waals surface area contributed by atoms with E-state index in [1.807, 2.05) is 47.4 Å². The predicted octanol–water partition coefficient (Wildman–Crippen LogP) is 3.87. The first-order valence-electron chi connectivity index (χ1n) is 8.54. The fourth-order valence-electron chi connectivity index (χ4n) is 3.11. The summed E-state index contributed by atoms with van der Waals surface area (Å²) in [6, 6.07) is 15.2. The Balaban J connectivity index is 1.74. The number of piperidine rings is 1. The number of ether oxygens (including phenoxy) is 1. The van der Waals surface area contributed by atoms with Crippen LogP contribution in [0.5, 0.6) is 5.75 Å². The third-order valence-electron chi connectivity index (χ3n) is 4.52. The van der Waals surface area contributed by atoms with Crippen molar-refractivity contribution in [1.29, 1.82) is 0 Å². The summed E-state index contributed by atoms with van der Waals surface area (Å²) in [7, 11) is 0. The molecule has 0 aliphatic carbocycles. The number of carbonyl (C=O) groups excluding carboxylic acids is 1. The summed E-state index contributed by atoms with van der Waals surface area (Å²) >= 11 is 3.52. The predicted molar refractivity (Wildman–Crippen MR) is 101 cm³/mol. The molecule has 0 radical (unpaired) electrons. The van der Waals surface area contributed by atoms with Crippen molar-refractivity contribution in [2.75, 3.05) is 19.7 Å². The quantitative estimate of drug-likeness (QED) is 0.823. The van der Waals surface area contributed by atoms with Gasteiger partial charge in [0.1, 0.15) is 12.4 Å². The van der Waals surface area contributed by atoms with E-state index in [0.717, 1.165) is 29.4 Å². The first-order chi connectivity index (χ1) is 12.2. The van der Waals surface area contributed by atoms with E-state index in [-0.39, 0.29) is 18.4 Å². The molecule has 0 spiro atoms. The lowest BCUT2D eigenvalue weighted by Crippen LogP contribution is -2.41. The minimum Gasteiger partial charge on any atom is -0.488 e. The molecule has 1 amide bonds. The molecule has 1 N–H and O–H groups in total. The second-order valence-corrected chi connectivity index (χ2v) is 7.17. The molecule has 1 saturated heterocycles. The number of para-hydroxylation sites is 1. The molecule has 2 aromatic rings. The Morgan fingerprint density at radius 3 is 2.76 bits per heavy atom. The molecule has 1 atom stereocenters. The number of nitrogens with zero attached hydrogens (tertiary/aromatic N) is 1. The normalized spacial score (nSPS) is 17.4. The number of amides is 1. The standard InChI is InChI=1S/C20H22BrNO3/c21-18-9-3-1-7-16(18)14-25-19-10-4-2-8-17(19)20(24)22-11-5-6-15(12-22)13-23/h1-4,7-10,15,23H,5-6,11-14H2. The molecule has 3 rings (SSSR count). The zero-order valence-corrected chi connectivity index (χ0v) is 15.6. The molecule has 1 unspecified atom stereocenters. The first-order valence-corrected chi connectivity index (χ1v) is 9.33. The van der Waals surface area contributed by atoms with Crippen molar-refractivity contribution in [3.05, 3.63) is 64.1 Å². The van der Waals surface area contributed by atoms with Gasteiger partial charge >= 0.3 is 0 Å². The van der Waals surface area contributed by atoms with E-state index in [1.165, 1.54) is 0 Å². The molecule has 0 saturated carbocycles. The number of aliphatic hydroxyl groups excluding tert-OH is 1. The van der Waals surface area contributed by atoms with E-state index in [9.17, 15) is 9.90 Å². The number of hydrogen-bond acceptors (Lipinski definition) is 3. The van der Waals surface area contributed by atoms with E-state index in [0.29, 0.717) is 24.5 Å². The highest BCUT2D eigenvalue weighted by Gasteiger charge is 2.25. The summed E-state index contributed by atoms with van der Waals surface area (Å²) in [5, 5.41) is 9.38. The van der Waals surface area contributed by atoms with Gasteiger partial charge in [-0.05, 0) is 37.0 Å². The Morgan fingerprint density at radius 1 is 1.20 bits per heavy atom. The zero-order valence-electron chi connectivity index (χ0n) is 14.0. The maximum Gasteiger partial charge on any atom is 0.257 e. The largest absolute Gasteiger partial charge is 0.488 e. The van der Waals surface area contributed by atoms with Gasteiger partial charge in [0, 0.05) is 29.7 Å². The van der Waals surface area contributed by atoms with Crippen LogP contribution < -0.4 is 4.74 Å². The second-order valence-electron chi connectivity index (χ2n) is 6.32. The van der Waals surface area contributed by atoms with E-state index < -0.39 is 0 Å². The number of likely N-dealkylation sites (tertiary alicyclic amines) is 1. The second kappa shape index (κ2) is 8.50. The number of benzene rings is 2. The van der Waals surface area contributed by atoms with Crippen LogP contribution in [-0.2, 0) is 6.61 Å². The van der Waals surface area contributed by atoms with Crippen LogP contribution in [0, 0.1) is 5.92 Å². The molecule has 1 heterocycles. The molecule has 2 aromatic carbocycles. The average Bonchev–Trinajstić information content (AvgIpc) is 2.67. The van der Waals surface area contributed by atoms with Gasteiger partial charge in [-0.15, -0.1) is 0 Å². The van der Waals surface area contributed by atoms with Gasteiger partial charge in [-0.1, -0.05) is 46.3 Å². The van der Waals surface area contributed by atoms with Gasteiger partial charge in [0.15, 0.2) is 0 Å². The first kappa shape index (κ1) is 18.0. The maximum atomic E-state index is 12.9. The van der Waals surface area contributed by atoms with Crippen molar-refractivity contribution in [3.63, 3.8) is 0 Å². The van der Waals surface area contributed by atoms with Crippen LogP contribution in [-0.4, -0.2) is 35.6 Å². The number of hydrogen-bond donors (Lipinski definition) is 1. The molecular weight excluding hydrogens is 382 g/mol. The van der Waals surface area contributed by atoms with Gasteiger partial charge < -0.3 is 14.7 Å². The fraction of sp³-hybridized carbons (Fsp3) is 0.350. The van der Waals surface area contributed by atoms with Crippen LogP contribution in [0.25, 0.3) is 0 Å². The summed E-state index contributed by atoms with van der Waals surface area (Å²) in [6.45, 7) is 1.86. The molecule has 0 aromatic heterocycles. The molecule has 1 aliphatic heterocycles. The molecule has 0 bridgehead atoms. The Hall–Kier alpha value is -1.85. The van der Waals surface area contributed by atoms with Crippen molar-refractivity contribution in [2.24, 2.45) is 5.92 Å². The van der Waals surface area contributed by atoms with E-state index in [4.69, 9.17) is 4.74 Å². The zero-order chi connectivity index (χ0) is 17.6. The van der Waals surface area contributed by atoms with Crippen molar-refractivity contribution in [2.45, 2.75) is 19.4 Å². The molecular formula is C20H22BrNO3. The third kappa shape index (κ3) is 4.41. The average molecular weight is 404 g/mol. The summed E-state index contributed by atoms with van der Waals surface area (Å²) < 4.78 is 6.93. The van der Waals surface area contributed by atoms with Crippen molar-refractivity contribution in [3.8, 4) is 5.75 Å².